The molecule has 21 heavy (non-hydrogen) atoms. The molecule has 1 saturated heterocycles. The summed E-state index contributed by atoms with van der Waals surface area (Å²) < 4.78 is 38.5. The molecule has 1 heterocycles. The molecule has 2 fully saturated rings. The second kappa shape index (κ2) is 5.44. The van der Waals surface area contributed by atoms with Crippen molar-refractivity contribution in [2.75, 3.05) is 0 Å². The monoisotopic (exact) mass is 297 g/mol. The van der Waals surface area contributed by atoms with Gasteiger partial charge in [-0.05, 0) is 24.8 Å². The zero-order valence-electron chi connectivity index (χ0n) is 11.6. The highest BCUT2D eigenvalue weighted by Crippen LogP contribution is 2.43. The first-order chi connectivity index (χ1) is 9.95. The zero-order chi connectivity index (χ0) is 15.0. The second-order valence-corrected chi connectivity index (χ2v) is 6.06. The van der Waals surface area contributed by atoms with Gasteiger partial charge in [0.2, 0.25) is 0 Å². The van der Waals surface area contributed by atoms with E-state index in [0.29, 0.717) is 6.42 Å². The van der Waals surface area contributed by atoms with Crippen molar-refractivity contribution >= 4 is 5.78 Å². The molecule has 1 saturated carbocycles. The molecular formula is C16H18F3NO. The number of ketones is 1. The minimum absolute atomic E-state index is 0.0263. The molecule has 114 valence electrons. The van der Waals surface area contributed by atoms with Crippen LogP contribution < -0.4 is 5.32 Å². The maximum Gasteiger partial charge on any atom is 0.391 e. The van der Waals surface area contributed by atoms with E-state index in [4.69, 9.17) is 0 Å². The van der Waals surface area contributed by atoms with E-state index in [1.54, 1.807) is 0 Å². The van der Waals surface area contributed by atoms with Gasteiger partial charge in [-0.15, -0.1) is 0 Å². The predicted molar refractivity (Wildman–Crippen MR) is 72.6 cm³/mol. The SMILES string of the molecule is O=C1CC(c2ccccc2)NC2CCC(C(F)(F)F)CC12. The normalized spacial score (nSPS) is 33.6. The van der Waals surface area contributed by atoms with Gasteiger partial charge in [-0.3, -0.25) is 4.79 Å². The van der Waals surface area contributed by atoms with Gasteiger partial charge in [-0.25, -0.2) is 0 Å². The molecule has 0 spiro atoms. The molecule has 1 N–H and O–H groups in total. The molecule has 0 radical (unpaired) electrons. The van der Waals surface area contributed by atoms with E-state index in [0.717, 1.165) is 5.56 Å². The summed E-state index contributed by atoms with van der Waals surface area (Å²) in [6.07, 6.45) is -3.41. The van der Waals surface area contributed by atoms with Crippen LogP contribution in [0.2, 0.25) is 0 Å². The molecule has 4 unspecified atom stereocenters. The van der Waals surface area contributed by atoms with Crippen molar-refractivity contribution in [1.29, 1.82) is 0 Å². The third-order valence-corrected chi connectivity index (χ3v) is 4.75. The predicted octanol–water partition coefficient (Wildman–Crippen LogP) is 3.64. The van der Waals surface area contributed by atoms with E-state index in [-0.39, 0.29) is 37.1 Å². The Hall–Kier alpha value is -1.36. The number of benzene rings is 1. The largest absolute Gasteiger partial charge is 0.391 e. The number of hydrogen-bond donors (Lipinski definition) is 1. The summed E-state index contributed by atoms with van der Waals surface area (Å²) >= 11 is 0. The Morgan fingerprint density at radius 1 is 1.10 bits per heavy atom. The van der Waals surface area contributed by atoms with Crippen LogP contribution in [0.1, 0.15) is 37.3 Å². The van der Waals surface area contributed by atoms with E-state index < -0.39 is 18.0 Å². The topological polar surface area (TPSA) is 29.1 Å². The minimum Gasteiger partial charge on any atom is -0.306 e. The van der Waals surface area contributed by atoms with E-state index in [1.807, 2.05) is 30.3 Å². The summed E-state index contributed by atoms with van der Waals surface area (Å²) in [6, 6.07) is 9.45. The lowest BCUT2D eigenvalue weighted by Gasteiger charge is -2.42. The minimum atomic E-state index is -4.18. The van der Waals surface area contributed by atoms with Gasteiger partial charge in [0.05, 0.1) is 5.92 Å². The number of alkyl halides is 3. The second-order valence-electron chi connectivity index (χ2n) is 6.06. The fourth-order valence-corrected chi connectivity index (χ4v) is 3.59. The molecule has 5 heteroatoms. The molecule has 0 amide bonds. The van der Waals surface area contributed by atoms with Crippen LogP contribution >= 0.6 is 0 Å². The molecular weight excluding hydrogens is 279 g/mol. The number of hydrogen-bond acceptors (Lipinski definition) is 2. The molecule has 1 aliphatic carbocycles. The van der Waals surface area contributed by atoms with Crippen molar-refractivity contribution < 1.29 is 18.0 Å². The first kappa shape index (κ1) is 14.6. The standard InChI is InChI=1S/C16H18F3NO/c17-16(18,19)11-6-7-13-12(8-11)15(21)9-14(20-13)10-4-2-1-3-5-10/h1-5,11-14,20H,6-9H2. The number of carbonyl (C=O) groups is 1. The van der Waals surface area contributed by atoms with Crippen molar-refractivity contribution in [2.45, 2.75) is 43.9 Å². The van der Waals surface area contributed by atoms with Gasteiger partial charge >= 0.3 is 6.18 Å². The molecule has 0 aromatic heterocycles. The van der Waals surface area contributed by atoms with Gasteiger partial charge in [0, 0.05) is 24.4 Å². The number of carbonyl (C=O) groups excluding carboxylic acids is 1. The van der Waals surface area contributed by atoms with E-state index in [1.165, 1.54) is 0 Å². The van der Waals surface area contributed by atoms with E-state index in [2.05, 4.69) is 5.32 Å². The summed E-state index contributed by atoms with van der Waals surface area (Å²) in [4.78, 5) is 12.3. The number of fused-ring (bicyclic) bond motifs is 1. The van der Waals surface area contributed by atoms with E-state index >= 15 is 0 Å². The summed E-state index contributed by atoms with van der Waals surface area (Å²) in [5.41, 5.74) is 1.03. The average molecular weight is 297 g/mol. The number of piperidine rings is 1. The van der Waals surface area contributed by atoms with Gasteiger partial charge in [-0.1, -0.05) is 30.3 Å². The Bertz CT molecular complexity index is 514. The van der Waals surface area contributed by atoms with Gasteiger partial charge in [-0.2, -0.15) is 13.2 Å². The van der Waals surface area contributed by atoms with Crippen molar-refractivity contribution in [3.63, 3.8) is 0 Å². The number of nitrogens with one attached hydrogen (secondary N) is 1. The molecule has 0 bridgehead atoms. The van der Waals surface area contributed by atoms with Gasteiger partial charge in [0.15, 0.2) is 0 Å². The van der Waals surface area contributed by atoms with Gasteiger partial charge < -0.3 is 5.32 Å². The Balaban J connectivity index is 1.73. The highest BCUT2D eigenvalue weighted by molar-refractivity contribution is 5.83. The fraction of sp³-hybridized carbons (Fsp3) is 0.562. The molecule has 1 aromatic carbocycles. The lowest BCUT2D eigenvalue weighted by molar-refractivity contribution is -0.188. The average Bonchev–Trinajstić information content (AvgIpc) is 2.47. The fourth-order valence-electron chi connectivity index (χ4n) is 3.59. The van der Waals surface area contributed by atoms with Crippen LogP contribution in [-0.4, -0.2) is 18.0 Å². The van der Waals surface area contributed by atoms with Crippen LogP contribution in [0, 0.1) is 11.8 Å². The van der Waals surface area contributed by atoms with Crippen molar-refractivity contribution in [3.05, 3.63) is 35.9 Å². The number of rotatable bonds is 1. The maximum absolute atomic E-state index is 12.8. The summed E-state index contributed by atoms with van der Waals surface area (Å²) in [5, 5.41) is 3.39. The smallest absolute Gasteiger partial charge is 0.306 e. The molecule has 1 aliphatic heterocycles. The lowest BCUT2D eigenvalue weighted by atomic mass is 9.71. The summed E-state index contributed by atoms with van der Waals surface area (Å²) in [7, 11) is 0. The number of Topliss-reactive ketones (excluding diaryl/α,β-unsaturated/α-hetero) is 1. The van der Waals surface area contributed by atoms with Crippen molar-refractivity contribution in [2.24, 2.45) is 11.8 Å². The van der Waals surface area contributed by atoms with Crippen LogP contribution in [0.25, 0.3) is 0 Å². The highest BCUT2D eigenvalue weighted by Gasteiger charge is 2.48. The number of halogens is 3. The van der Waals surface area contributed by atoms with Crippen molar-refractivity contribution in [3.8, 4) is 0 Å². The van der Waals surface area contributed by atoms with Crippen LogP contribution in [0.3, 0.4) is 0 Å². The lowest BCUT2D eigenvalue weighted by Crippen LogP contribution is -2.52. The highest BCUT2D eigenvalue weighted by atomic mass is 19.4. The zero-order valence-corrected chi connectivity index (χ0v) is 11.6. The molecule has 4 atom stereocenters. The molecule has 2 nitrogen and oxygen atoms in total. The van der Waals surface area contributed by atoms with Crippen LogP contribution in [-0.2, 0) is 4.79 Å². The van der Waals surface area contributed by atoms with Crippen LogP contribution in [0.4, 0.5) is 13.2 Å². The van der Waals surface area contributed by atoms with Gasteiger partial charge in [0.1, 0.15) is 5.78 Å². The molecule has 3 rings (SSSR count). The van der Waals surface area contributed by atoms with E-state index in [9.17, 15) is 18.0 Å². The third kappa shape index (κ3) is 2.98. The Morgan fingerprint density at radius 3 is 2.48 bits per heavy atom. The molecule has 2 aliphatic rings. The molecule has 1 aromatic rings. The van der Waals surface area contributed by atoms with Crippen LogP contribution in [0.5, 0.6) is 0 Å². The van der Waals surface area contributed by atoms with Crippen molar-refractivity contribution in [1.82, 2.24) is 5.32 Å². The maximum atomic E-state index is 12.8. The quantitative estimate of drug-likeness (QED) is 0.857. The van der Waals surface area contributed by atoms with Crippen LogP contribution in [0.15, 0.2) is 30.3 Å². The van der Waals surface area contributed by atoms with Gasteiger partial charge in [0.25, 0.3) is 0 Å². The summed E-state index contributed by atoms with van der Waals surface area (Å²) in [6.45, 7) is 0. The Morgan fingerprint density at radius 2 is 1.81 bits per heavy atom. The first-order valence-corrected chi connectivity index (χ1v) is 7.35. The third-order valence-electron chi connectivity index (χ3n) is 4.75. The summed E-state index contributed by atoms with van der Waals surface area (Å²) in [5.74, 6) is -1.83. The Kier molecular flexibility index (Phi) is 3.78. The first-order valence-electron chi connectivity index (χ1n) is 7.35. The Labute approximate surface area is 121 Å².